The van der Waals surface area contributed by atoms with Gasteiger partial charge in [-0.25, -0.2) is 4.79 Å². The van der Waals surface area contributed by atoms with Crippen LogP contribution in [0.4, 0.5) is 10.5 Å². The van der Waals surface area contributed by atoms with Gasteiger partial charge in [0, 0.05) is 26.8 Å². The predicted octanol–water partition coefficient (Wildman–Crippen LogP) is 4.87. The lowest BCUT2D eigenvalue weighted by molar-refractivity contribution is 0.215. The van der Waals surface area contributed by atoms with E-state index in [1.54, 1.807) is 12.1 Å². The Morgan fingerprint density at radius 1 is 1.26 bits per heavy atom. The molecule has 4 rings (SSSR count). The number of fused-ring (bicyclic) bond motifs is 3. The van der Waals surface area contributed by atoms with Crippen molar-refractivity contribution in [2.75, 3.05) is 18.9 Å². The summed E-state index contributed by atoms with van der Waals surface area (Å²) in [5, 5.41) is 7.30. The van der Waals surface area contributed by atoms with Gasteiger partial charge in [-0.15, -0.1) is 0 Å². The number of nitrogens with one attached hydrogen (secondary N) is 3. The molecular formula is C21H22BrN3O2. The molecule has 1 atom stereocenters. The molecule has 0 bridgehead atoms. The first-order valence-electron chi connectivity index (χ1n) is 9.15. The number of aromatic amines is 1. The van der Waals surface area contributed by atoms with Gasteiger partial charge in [0.25, 0.3) is 0 Å². The van der Waals surface area contributed by atoms with Crippen LogP contribution >= 0.6 is 15.9 Å². The number of hydrogen-bond donors (Lipinski definition) is 3. The Morgan fingerprint density at radius 3 is 2.85 bits per heavy atom. The third-order valence-corrected chi connectivity index (χ3v) is 5.58. The van der Waals surface area contributed by atoms with Crippen molar-refractivity contribution in [3.63, 3.8) is 0 Å². The summed E-state index contributed by atoms with van der Waals surface area (Å²) in [7, 11) is 2.00. The van der Waals surface area contributed by atoms with Crippen molar-refractivity contribution >= 4 is 38.6 Å². The van der Waals surface area contributed by atoms with Crippen LogP contribution in [0.2, 0.25) is 0 Å². The number of halogens is 1. The zero-order valence-corrected chi connectivity index (χ0v) is 16.7. The third kappa shape index (κ3) is 4.01. The van der Waals surface area contributed by atoms with Gasteiger partial charge in [-0.05, 0) is 86.8 Å². The van der Waals surface area contributed by atoms with E-state index in [0.29, 0.717) is 11.7 Å². The SMILES string of the molecule is CNCC1CCc2[nH]c3ccc(NC(=O)Oc4ccc(Br)cc4)cc3c2C1. The fourth-order valence-electron chi connectivity index (χ4n) is 3.78. The van der Waals surface area contributed by atoms with Crippen LogP contribution in [0.5, 0.6) is 5.75 Å². The second-order valence-corrected chi connectivity index (χ2v) is 7.89. The van der Waals surface area contributed by atoms with E-state index in [0.717, 1.165) is 35.1 Å². The minimum Gasteiger partial charge on any atom is -0.410 e. The van der Waals surface area contributed by atoms with Gasteiger partial charge in [-0.2, -0.15) is 0 Å². The molecule has 1 aliphatic carbocycles. The molecule has 0 spiro atoms. The Kier molecular flexibility index (Phi) is 5.18. The quantitative estimate of drug-likeness (QED) is 0.556. The van der Waals surface area contributed by atoms with Crippen LogP contribution in [-0.2, 0) is 12.8 Å². The summed E-state index contributed by atoms with van der Waals surface area (Å²) in [6, 6.07) is 13.1. The summed E-state index contributed by atoms with van der Waals surface area (Å²) in [5.74, 6) is 1.16. The van der Waals surface area contributed by atoms with Crippen molar-refractivity contribution in [2.24, 2.45) is 5.92 Å². The summed E-state index contributed by atoms with van der Waals surface area (Å²) >= 11 is 3.37. The number of carbonyl (C=O) groups excluding carboxylic acids is 1. The first-order valence-corrected chi connectivity index (χ1v) is 9.94. The number of H-pyrrole nitrogens is 1. The highest BCUT2D eigenvalue weighted by Crippen LogP contribution is 2.33. The zero-order valence-electron chi connectivity index (χ0n) is 15.1. The second kappa shape index (κ2) is 7.74. The maximum atomic E-state index is 12.2. The maximum Gasteiger partial charge on any atom is 0.417 e. The van der Waals surface area contributed by atoms with Crippen LogP contribution in [0, 0.1) is 5.92 Å². The van der Waals surface area contributed by atoms with E-state index in [2.05, 4.69) is 31.5 Å². The average molecular weight is 428 g/mol. The molecule has 1 heterocycles. The summed E-state index contributed by atoms with van der Waals surface area (Å²) in [5.41, 5.74) is 4.56. The third-order valence-electron chi connectivity index (χ3n) is 5.05. The first-order chi connectivity index (χ1) is 13.1. The normalized spacial score (nSPS) is 16.1. The topological polar surface area (TPSA) is 66.2 Å². The molecule has 3 N–H and O–H groups in total. The minimum absolute atomic E-state index is 0.492. The summed E-state index contributed by atoms with van der Waals surface area (Å²) in [6.07, 6.45) is 2.84. The zero-order chi connectivity index (χ0) is 18.8. The van der Waals surface area contributed by atoms with Crippen molar-refractivity contribution in [2.45, 2.75) is 19.3 Å². The summed E-state index contributed by atoms with van der Waals surface area (Å²) in [4.78, 5) is 15.7. The van der Waals surface area contributed by atoms with E-state index in [-0.39, 0.29) is 0 Å². The van der Waals surface area contributed by atoms with Crippen LogP contribution in [0.3, 0.4) is 0 Å². The number of carbonyl (C=O) groups is 1. The highest BCUT2D eigenvalue weighted by molar-refractivity contribution is 9.10. The van der Waals surface area contributed by atoms with Crippen molar-refractivity contribution in [3.05, 3.63) is 58.2 Å². The molecule has 5 nitrogen and oxygen atoms in total. The van der Waals surface area contributed by atoms with Crippen molar-refractivity contribution in [1.82, 2.24) is 10.3 Å². The summed E-state index contributed by atoms with van der Waals surface area (Å²) in [6.45, 7) is 1.03. The molecule has 140 valence electrons. The molecule has 0 radical (unpaired) electrons. The van der Waals surface area contributed by atoms with Crippen LogP contribution in [0.1, 0.15) is 17.7 Å². The van der Waals surface area contributed by atoms with Crippen LogP contribution in [0.15, 0.2) is 46.9 Å². The second-order valence-electron chi connectivity index (χ2n) is 6.98. The lowest BCUT2D eigenvalue weighted by Gasteiger charge is -2.22. The molecule has 6 heteroatoms. The Hall–Kier alpha value is -2.31. The maximum absolute atomic E-state index is 12.2. The Bertz CT molecular complexity index is 965. The van der Waals surface area contributed by atoms with Gasteiger partial charge in [0.1, 0.15) is 5.75 Å². The van der Waals surface area contributed by atoms with Crippen molar-refractivity contribution < 1.29 is 9.53 Å². The number of hydrogen-bond acceptors (Lipinski definition) is 3. The Labute approximate surface area is 166 Å². The fraction of sp³-hybridized carbons (Fsp3) is 0.286. The number of amides is 1. The van der Waals surface area contributed by atoms with E-state index in [1.165, 1.54) is 23.1 Å². The lowest BCUT2D eigenvalue weighted by atomic mass is 9.86. The van der Waals surface area contributed by atoms with Crippen LogP contribution in [0.25, 0.3) is 10.9 Å². The van der Waals surface area contributed by atoms with E-state index < -0.39 is 6.09 Å². The fourth-order valence-corrected chi connectivity index (χ4v) is 4.05. The predicted molar refractivity (Wildman–Crippen MR) is 112 cm³/mol. The summed E-state index contributed by atoms with van der Waals surface area (Å²) < 4.78 is 6.28. The van der Waals surface area contributed by atoms with Gasteiger partial charge in [0.05, 0.1) is 0 Å². The molecule has 27 heavy (non-hydrogen) atoms. The number of ether oxygens (including phenoxy) is 1. The molecule has 0 saturated carbocycles. The number of aryl methyl sites for hydroxylation is 1. The Morgan fingerprint density at radius 2 is 2.07 bits per heavy atom. The molecule has 3 aromatic rings. The molecule has 1 aromatic heterocycles. The van der Waals surface area contributed by atoms with E-state index >= 15 is 0 Å². The first kappa shape index (κ1) is 18.1. The number of benzene rings is 2. The largest absolute Gasteiger partial charge is 0.417 e. The highest BCUT2D eigenvalue weighted by Gasteiger charge is 2.22. The van der Waals surface area contributed by atoms with Crippen LogP contribution < -0.4 is 15.4 Å². The van der Waals surface area contributed by atoms with Gasteiger partial charge < -0.3 is 15.0 Å². The van der Waals surface area contributed by atoms with Gasteiger partial charge in [-0.1, -0.05) is 15.9 Å². The van der Waals surface area contributed by atoms with E-state index in [4.69, 9.17) is 4.74 Å². The van der Waals surface area contributed by atoms with Crippen molar-refractivity contribution in [3.8, 4) is 5.75 Å². The standard InChI is InChI=1S/C21H22BrN3O2/c1-23-12-13-2-8-19-17(10-13)18-11-15(5-9-20(18)25-19)24-21(26)27-16-6-3-14(22)4-7-16/h3-7,9,11,13,23,25H,2,8,10,12H2,1H3,(H,24,26). The van der Waals surface area contributed by atoms with Gasteiger partial charge in [0.15, 0.2) is 0 Å². The molecule has 0 aliphatic heterocycles. The average Bonchev–Trinajstić information content (AvgIpc) is 3.01. The molecule has 0 saturated heterocycles. The molecule has 0 fully saturated rings. The number of rotatable bonds is 4. The molecule has 1 unspecified atom stereocenters. The number of aromatic nitrogens is 1. The van der Waals surface area contributed by atoms with Crippen LogP contribution in [-0.4, -0.2) is 24.7 Å². The van der Waals surface area contributed by atoms with E-state index in [1.807, 2.05) is 37.4 Å². The minimum atomic E-state index is -0.492. The smallest absolute Gasteiger partial charge is 0.410 e. The monoisotopic (exact) mass is 427 g/mol. The lowest BCUT2D eigenvalue weighted by Crippen LogP contribution is -2.24. The van der Waals surface area contributed by atoms with Gasteiger partial charge >= 0.3 is 6.09 Å². The van der Waals surface area contributed by atoms with Gasteiger partial charge in [-0.3, -0.25) is 5.32 Å². The van der Waals surface area contributed by atoms with Crippen molar-refractivity contribution in [1.29, 1.82) is 0 Å². The molecule has 2 aromatic carbocycles. The molecule has 1 amide bonds. The van der Waals surface area contributed by atoms with E-state index in [9.17, 15) is 4.79 Å². The van der Waals surface area contributed by atoms with Gasteiger partial charge in [0.2, 0.25) is 0 Å². The highest BCUT2D eigenvalue weighted by atomic mass is 79.9. The Balaban J connectivity index is 1.52. The number of anilines is 1. The molecular weight excluding hydrogens is 406 g/mol. The molecule has 1 aliphatic rings.